The topological polar surface area (TPSA) is 21.3 Å². The van der Waals surface area contributed by atoms with Crippen LogP contribution in [0.1, 0.15) is 52.4 Å². The first-order valence-corrected chi connectivity index (χ1v) is 6.38. The van der Waals surface area contributed by atoms with Crippen LogP contribution in [0.3, 0.4) is 0 Å². The van der Waals surface area contributed by atoms with Gasteiger partial charge >= 0.3 is 0 Å². The van der Waals surface area contributed by atoms with Gasteiger partial charge in [0, 0.05) is 13.2 Å². The molecule has 90 valence electrons. The molecule has 0 heterocycles. The zero-order chi connectivity index (χ0) is 11.3. The second-order valence-corrected chi connectivity index (χ2v) is 5.10. The van der Waals surface area contributed by atoms with Crippen molar-refractivity contribution in [3.8, 4) is 0 Å². The lowest BCUT2D eigenvalue weighted by molar-refractivity contribution is -0.0329. The number of likely N-dealkylation sites (N-methyl/N-ethyl adjacent to an activating group) is 1. The van der Waals surface area contributed by atoms with E-state index in [0.29, 0.717) is 6.04 Å². The van der Waals surface area contributed by atoms with Crippen LogP contribution in [-0.4, -0.2) is 25.8 Å². The Morgan fingerprint density at radius 1 is 1.40 bits per heavy atom. The third kappa shape index (κ3) is 3.18. The maximum Gasteiger partial charge on any atom is 0.0800 e. The predicted molar refractivity (Wildman–Crippen MR) is 65.1 cm³/mol. The Bertz CT molecular complexity index is 171. The van der Waals surface area contributed by atoms with Gasteiger partial charge in [0.15, 0.2) is 0 Å². The lowest BCUT2D eigenvalue weighted by Crippen LogP contribution is -2.49. The van der Waals surface area contributed by atoms with Gasteiger partial charge in [-0.25, -0.2) is 0 Å². The van der Waals surface area contributed by atoms with Crippen molar-refractivity contribution in [3.05, 3.63) is 0 Å². The molecule has 0 radical (unpaired) electrons. The summed E-state index contributed by atoms with van der Waals surface area (Å²) in [5.74, 6) is 0.920. The largest absolute Gasteiger partial charge is 0.377 e. The molecule has 0 aromatic carbocycles. The number of hydrogen-bond acceptors (Lipinski definition) is 2. The Hall–Kier alpha value is -0.0800. The number of methoxy groups -OCH3 is 1. The molecule has 0 aliphatic heterocycles. The minimum absolute atomic E-state index is 0.00264. The van der Waals surface area contributed by atoms with Gasteiger partial charge in [-0.1, -0.05) is 32.6 Å². The van der Waals surface area contributed by atoms with Gasteiger partial charge in [0.1, 0.15) is 0 Å². The normalized spacial score (nSPS) is 24.0. The average Bonchev–Trinajstić information content (AvgIpc) is 2.77. The quantitative estimate of drug-likeness (QED) is 0.732. The van der Waals surface area contributed by atoms with Crippen molar-refractivity contribution in [2.75, 3.05) is 14.2 Å². The zero-order valence-electron chi connectivity index (χ0n) is 10.8. The van der Waals surface area contributed by atoms with E-state index in [0.717, 1.165) is 12.3 Å². The molecule has 1 aliphatic rings. The summed E-state index contributed by atoms with van der Waals surface area (Å²) in [5, 5.41) is 3.45. The van der Waals surface area contributed by atoms with Crippen LogP contribution in [-0.2, 0) is 4.74 Å². The molecule has 1 rings (SSSR count). The van der Waals surface area contributed by atoms with E-state index >= 15 is 0 Å². The van der Waals surface area contributed by atoms with Gasteiger partial charge in [-0.15, -0.1) is 0 Å². The molecule has 1 fully saturated rings. The van der Waals surface area contributed by atoms with Crippen LogP contribution in [0.2, 0.25) is 0 Å². The first-order chi connectivity index (χ1) is 7.16. The SMILES string of the molecule is CCC(C)(OC)C(CC1CCCC1)NC. The minimum atomic E-state index is -0.00264. The van der Waals surface area contributed by atoms with E-state index in [1.807, 2.05) is 7.11 Å². The molecule has 0 amide bonds. The molecule has 0 aromatic heterocycles. The highest BCUT2D eigenvalue weighted by Crippen LogP contribution is 2.32. The van der Waals surface area contributed by atoms with E-state index < -0.39 is 0 Å². The molecule has 1 saturated carbocycles. The van der Waals surface area contributed by atoms with E-state index in [-0.39, 0.29) is 5.60 Å². The fourth-order valence-electron chi connectivity index (χ4n) is 2.78. The molecule has 1 N–H and O–H groups in total. The molecule has 15 heavy (non-hydrogen) atoms. The average molecular weight is 213 g/mol. The van der Waals surface area contributed by atoms with Gasteiger partial charge in [0.05, 0.1) is 5.60 Å². The number of rotatable bonds is 6. The lowest BCUT2D eigenvalue weighted by atomic mass is 9.85. The van der Waals surface area contributed by atoms with Crippen molar-refractivity contribution < 1.29 is 4.74 Å². The first kappa shape index (κ1) is 13.0. The summed E-state index contributed by atoms with van der Waals surface area (Å²) in [6.07, 6.45) is 8.04. The van der Waals surface area contributed by atoms with Crippen molar-refractivity contribution in [1.82, 2.24) is 5.32 Å². The molecule has 2 nitrogen and oxygen atoms in total. The highest BCUT2D eigenvalue weighted by molar-refractivity contribution is 4.89. The second-order valence-electron chi connectivity index (χ2n) is 5.10. The highest BCUT2D eigenvalue weighted by Gasteiger charge is 2.33. The van der Waals surface area contributed by atoms with Gasteiger partial charge in [-0.2, -0.15) is 0 Å². The van der Waals surface area contributed by atoms with Crippen molar-refractivity contribution in [1.29, 1.82) is 0 Å². The number of nitrogens with one attached hydrogen (secondary N) is 1. The van der Waals surface area contributed by atoms with Gasteiger partial charge < -0.3 is 10.1 Å². The summed E-state index contributed by atoms with van der Waals surface area (Å²) >= 11 is 0. The Balaban J connectivity index is 2.52. The molecule has 0 aromatic rings. The van der Waals surface area contributed by atoms with Crippen LogP contribution in [0, 0.1) is 5.92 Å². The summed E-state index contributed by atoms with van der Waals surface area (Å²) in [6.45, 7) is 4.44. The Kier molecular flexibility index (Phi) is 5.07. The third-order valence-electron chi connectivity index (χ3n) is 4.30. The maximum atomic E-state index is 5.69. The van der Waals surface area contributed by atoms with E-state index in [4.69, 9.17) is 4.74 Å². The van der Waals surface area contributed by atoms with E-state index in [9.17, 15) is 0 Å². The summed E-state index contributed by atoms with van der Waals surface area (Å²) in [5.41, 5.74) is -0.00264. The first-order valence-electron chi connectivity index (χ1n) is 6.38. The predicted octanol–water partition coefficient (Wildman–Crippen LogP) is 2.97. The number of hydrogen-bond donors (Lipinski definition) is 1. The summed E-state index contributed by atoms with van der Waals surface area (Å²) in [6, 6.07) is 0.496. The second kappa shape index (κ2) is 5.86. The van der Waals surface area contributed by atoms with Crippen LogP contribution in [0.4, 0.5) is 0 Å². The molecule has 2 heteroatoms. The van der Waals surface area contributed by atoms with E-state index in [1.54, 1.807) is 0 Å². The van der Waals surface area contributed by atoms with Crippen LogP contribution in [0.25, 0.3) is 0 Å². The standard InChI is InChI=1S/C13H27NO/c1-5-13(2,15-4)12(14-3)10-11-8-6-7-9-11/h11-12,14H,5-10H2,1-4H3. The minimum Gasteiger partial charge on any atom is -0.377 e. The molecular formula is C13H27NO. The smallest absolute Gasteiger partial charge is 0.0800 e. The molecule has 0 spiro atoms. The molecule has 0 saturated heterocycles. The Labute approximate surface area is 94.8 Å². The molecule has 1 aliphatic carbocycles. The highest BCUT2D eigenvalue weighted by atomic mass is 16.5. The lowest BCUT2D eigenvalue weighted by Gasteiger charge is -2.37. The van der Waals surface area contributed by atoms with Gasteiger partial charge in [-0.3, -0.25) is 0 Å². The van der Waals surface area contributed by atoms with Gasteiger partial charge in [0.2, 0.25) is 0 Å². The summed E-state index contributed by atoms with van der Waals surface area (Å²) < 4.78 is 5.69. The fraction of sp³-hybridized carbons (Fsp3) is 1.00. The molecular weight excluding hydrogens is 186 g/mol. The van der Waals surface area contributed by atoms with Crippen LogP contribution < -0.4 is 5.32 Å². The monoisotopic (exact) mass is 213 g/mol. The van der Waals surface area contributed by atoms with Crippen molar-refractivity contribution in [3.63, 3.8) is 0 Å². The van der Waals surface area contributed by atoms with Crippen molar-refractivity contribution in [2.45, 2.75) is 64.0 Å². The number of ether oxygens (including phenoxy) is 1. The maximum absolute atomic E-state index is 5.69. The Morgan fingerprint density at radius 2 is 2.00 bits per heavy atom. The van der Waals surface area contributed by atoms with Crippen LogP contribution in [0.15, 0.2) is 0 Å². The van der Waals surface area contributed by atoms with Gasteiger partial charge in [0.25, 0.3) is 0 Å². The fourth-order valence-corrected chi connectivity index (χ4v) is 2.78. The van der Waals surface area contributed by atoms with Gasteiger partial charge in [-0.05, 0) is 32.7 Å². The van der Waals surface area contributed by atoms with Crippen molar-refractivity contribution in [2.24, 2.45) is 5.92 Å². The molecule has 2 atom stereocenters. The molecule has 0 bridgehead atoms. The summed E-state index contributed by atoms with van der Waals surface area (Å²) in [7, 11) is 3.90. The Morgan fingerprint density at radius 3 is 2.40 bits per heavy atom. The summed E-state index contributed by atoms with van der Waals surface area (Å²) in [4.78, 5) is 0. The van der Waals surface area contributed by atoms with E-state index in [1.165, 1.54) is 32.1 Å². The van der Waals surface area contributed by atoms with E-state index in [2.05, 4.69) is 26.2 Å². The zero-order valence-corrected chi connectivity index (χ0v) is 10.8. The third-order valence-corrected chi connectivity index (χ3v) is 4.30. The van der Waals surface area contributed by atoms with Crippen molar-refractivity contribution >= 4 is 0 Å². The van der Waals surface area contributed by atoms with Crippen LogP contribution >= 0.6 is 0 Å². The molecule has 2 unspecified atom stereocenters. The van der Waals surface area contributed by atoms with Crippen LogP contribution in [0.5, 0.6) is 0 Å².